The Bertz CT molecular complexity index is 418. The minimum Gasteiger partial charge on any atom is -0.0995 e. The maximum Gasteiger partial charge on any atom is -0.0106 e. The summed E-state index contributed by atoms with van der Waals surface area (Å²) in [7, 11) is 0. The molecular weight excluding hydrogens is 192 g/mol. The van der Waals surface area contributed by atoms with E-state index in [0.29, 0.717) is 0 Å². The first kappa shape index (κ1) is 8.55. The summed E-state index contributed by atoms with van der Waals surface area (Å²) < 4.78 is 0. The second-order valence-electron chi connectivity index (χ2n) is 7.18. The molecule has 4 saturated carbocycles. The van der Waals surface area contributed by atoms with Crippen LogP contribution in [0.3, 0.4) is 0 Å². The van der Waals surface area contributed by atoms with Crippen molar-refractivity contribution in [3.8, 4) is 0 Å². The molecule has 0 bridgehead atoms. The zero-order valence-corrected chi connectivity index (χ0v) is 9.97. The SMILES string of the molecule is C=C1C[C@@H]2C[C@@H]3[C@H](C)[C@@H]4C=C[C@H]5[C@@H]1[C@@H]2[C@@H]3[C@@H]45. The molecule has 9 atom stereocenters. The van der Waals surface area contributed by atoms with Gasteiger partial charge in [0, 0.05) is 0 Å². The van der Waals surface area contributed by atoms with Crippen LogP contribution in [-0.4, -0.2) is 0 Å². The van der Waals surface area contributed by atoms with E-state index in [0.717, 1.165) is 53.3 Å². The predicted molar refractivity (Wildman–Crippen MR) is 64.6 cm³/mol. The Morgan fingerprint density at radius 2 is 1.94 bits per heavy atom. The van der Waals surface area contributed by atoms with E-state index < -0.39 is 0 Å². The van der Waals surface area contributed by atoms with Crippen LogP contribution >= 0.6 is 0 Å². The first-order valence-electron chi connectivity index (χ1n) is 7.13. The number of rotatable bonds is 0. The Morgan fingerprint density at radius 3 is 2.81 bits per heavy atom. The fraction of sp³-hybridized carbons (Fsp3) is 0.750. The third-order valence-electron chi connectivity index (χ3n) is 7.05. The van der Waals surface area contributed by atoms with Gasteiger partial charge in [-0.1, -0.05) is 31.2 Å². The lowest BCUT2D eigenvalue weighted by molar-refractivity contribution is 0.313. The Balaban J connectivity index is 1.73. The number of hydrogen-bond acceptors (Lipinski definition) is 0. The van der Waals surface area contributed by atoms with Crippen LogP contribution in [0, 0.1) is 53.3 Å². The molecule has 84 valence electrons. The highest BCUT2D eigenvalue weighted by Crippen LogP contribution is 2.74. The van der Waals surface area contributed by atoms with Gasteiger partial charge in [0.2, 0.25) is 0 Å². The summed E-state index contributed by atoms with van der Waals surface area (Å²) in [6.07, 6.45) is 8.07. The van der Waals surface area contributed by atoms with E-state index in [2.05, 4.69) is 25.7 Å². The lowest BCUT2D eigenvalue weighted by atomic mass is 9.83. The summed E-state index contributed by atoms with van der Waals surface area (Å²) in [5.41, 5.74) is 1.62. The van der Waals surface area contributed by atoms with Gasteiger partial charge in [-0.15, -0.1) is 0 Å². The average molecular weight is 212 g/mol. The maximum absolute atomic E-state index is 4.40. The van der Waals surface area contributed by atoms with Crippen molar-refractivity contribution in [1.82, 2.24) is 0 Å². The van der Waals surface area contributed by atoms with Crippen LogP contribution in [0.2, 0.25) is 0 Å². The second kappa shape index (κ2) is 2.35. The molecular formula is C16H20. The molecule has 0 heteroatoms. The summed E-state index contributed by atoms with van der Waals surface area (Å²) >= 11 is 0. The van der Waals surface area contributed by atoms with Crippen LogP contribution in [0.15, 0.2) is 24.3 Å². The Labute approximate surface area is 97.8 Å². The van der Waals surface area contributed by atoms with Crippen molar-refractivity contribution in [1.29, 1.82) is 0 Å². The highest BCUT2D eigenvalue weighted by atomic mass is 14.7. The van der Waals surface area contributed by atoms with E-state index in [1.165, 1.54) is 6.42 Å². The first-order chi connectivity index (χ1) is 7.77. The van der Waals surface area contributed by atoms with Crippen molar-refractivity contribution in [3.05, 3.63) is 24.3 Å². The molecule has 4 fully saturated rings. The first-order valence-corrected chi connectivity index (χ1v) is 7.13. The van der Waals surface area contributed by atoms with Crippen LogP contribution in [0.1, 0.15) is 19.8 Å². The predicted octanol–water partition coefficient (Wildman–Crippen LogP) is 3.51. The van der Waals surface area contributed by atoms with Gasteiger partial charge in [0.1, 0.15) is 0 Å². The van der Waals surface area contributed by atoms with Crippen molar-refractivity contribution in [2.24, 2.45) is 53.3 Å². The van der Waals surface area contributed by atoms with E-state index in [1.54, 1.807) is 12.0 Å². The quantitative estimate of drug-likeness (QED) is 0.539. The third kappa shape index (κ3) is 0.658. The van der Waals surface area contributed by atoms with Crippen molar-refractivity contribution in [2.45, 2.75) is 19.8 Å². The summed E-state index contributed by atoms with van der Waals surface area (Å²) in [6, 6.07) is 0. The molecule has 0 spiro atoms. The highest BCUT2D eigenvalue weighted by Gasteiger charge is 2.69. The summed E-state index contributed by atoms with van der Waals surface area (Å²) in [6.45, 7) is 6.93. The van der Waals surface area contributed by atoms with Crippen LogP contribution in [0.5, 0.6) is 0 Å². The van der Waals surface area contributed by atoms with Gasteiger partial charge < -0.3 is 0 Å². The zero-order chi connectivity index (χ0) is 10.6. The van der Waals surface area contributed by atoms with Gasteiger partial charge >= 0.3 is 0 Å². The molecule has 0 aromatic heterocycles. The molecule has 0 aromatic rings. The molecule has 0 radical (unpaired) electrons. The molecule has 0 aliphatic heterocycles. The van der Waals surface area contributed by atoms with Crippen molar-refractivity contribution >= 4 is 0 Å². The fourth-order valence-corrected chi connectivity index (χ4v) is 6.85. The third-order valence-corrected chi connectivity index (χ3v) is 7.05. The highest BCUT2D eigenvalue weighted by molar-refractivity contribution is 5.32. The van der Waals surface area contributed by atoms with Gasteiger partial charge in [-0.3, -0.25) is 0 Å². The Morgan fingerprint density at radius 1 is 1.12 bits per heavy atom. The van der Waals surface area contributed by atoms with Gasteiger partial charge in [-0.05, 0) is 66.1 Å². The average Bonchev–Trinajstić information content (AvgIpc) is 2.90. The van der Waals surface area contributed by atoms with Crippen molar-refractivity contribution < 1.29 is 0 Å². The van der Waals surface area contributed by atoms with Gasteiger partial charge in [-0.2, -0.15) is 0 Å². The van der Waals surface area contributed by atoms with Crippen LogP contribution in [-0.2, 0) is 0 Å². The van der Waals surface area contributed by atoms with Crippen LogP contribution in [0.4, 0.5) is 0 Å². The molecule has 0 nitrogen and oxygen atoms in total. The molecule has 0 N–H and O–H groups in total. The Hall–Kier alpha value is -0.520. The normalized spacial score (nSPS) is 68.3. The van der Waals surface area contributed by atoms with Crippen LogP contribution in [0.25, 0.3) is 0 Å². The van der Waals surface area contributed by atoms with E-state index in [-0.39, 0.29) is 0 Å². The fourth-order valence-electron chi connectivity index (χ4n) is 6.85. The molecule has 0 amide bonds. The molecule has 16 heavy (non-hydrogen) atoms. The van der Waals surface area contributed by atoms with E-state index in [4.69, 9.17) is 0 Å². The van der Waals surface area contributed by atoms with E-state index in [9.17, 15) is 0 Å². The van der Waals surface area contributed by atoms with Gasteiger partial charge in [-0.25, -0.2) is 0 Å². The molecule has 5 aliphatic rings. The van der Waals surface area contributed by atoms with Gasteiger partial charge in [0.05, 0.1) is 0 Å². The van der Waals surface area contributed by atoms with Gasteiger partial charge in [0.15, 0.2) is 0 Å². The second-order valence-corrected chi connectivity index (χ2v) is 7.18. The lowest BCUT2D eigenvalue weighted by Crippen LogP contribution is -2.16. The van der Waals surface area contributed by atoms with Gasteiger partial charge in [0.25, 0.3) is 0 Å². The standard InChI is InChI=1S/C16H20/c1-7-5-9-6-12-8(2)10-3-4-11-13(7)14(9)16(12)15(10)11/h3-4,8-16H,1,5-6H2,2H3/t8-,9-,10+,11+,12-,13-,14-,15+,16-/m1/s1. The van der Waals surface area contributed by atoms with Crippen LogP contribution < -0.4 is 0 Å². The molecule has 0 heterocycles. The molecule has 5 rings (SSSR count). The molecule has 0 saturated heterocycles. The Kier molecular flexibility index (Phi) is 1.25. The maximum atomic E-state index is 4.40. The number of hydrogen-bond donors (Lipinski definition) is 0. The largest absolute Gasteiger partial charge is 0.0995 e. The van der Waals surface area contributed by atoms with E-state index in [1.807, 2.05) is 0 Å². The molecule has 0 aromatic carbocycles. The summed E-state index contributed by atoms with van der Waals surface area (Å²) in [5, 5.41) is 0. The lowest BCUT2D eigenvalue weighted by Gasteiger charge is -2.21. The topological polar surface area (TPSA) is 0 Å². The smallest absolute Gasteiger partial charge is 0.0106 e. The minimum atomic E-state index is 0.902. The summed E-state index contributed by atoms with van der Waals surface area (Å²) in [4.78, 5) is 0. The minimum absolute atomic E-state index is 0.902. The molecule has 5 aliphatic carbocycles. The summed E-state index contributed by atoms with van der Waals surface area (Å²) in [5.74, 6) is 9.04. The van der Waals surface area contributed by atoms with E-state index >= 15 is 0 Å². The number of allylic oxidation sites excluding steroid dienone is 3. The van der Waals surface area contributed by atoms with Crippen molar-refractivity contribution in [2.75, 3.05) is 0 Å². The van der Waals surface area contributed by atoms with Crippen molar-refractivity contribution in [3.63, 3.8) is 0 Å². The monoisotopic (exact) mass is 212 g/mol. The number of fused-ring (bicyclic) bond motifs is 1. The zero-order valence-electron chi connectivity index (χ0n) is 9.97. The molecule has 0 unspecified atom stereocenters.